The minimum Gasteiger partial charge on any atom is -0.466 e. The zero-order chi connectivity index (χ0) is 22.1. The normalized spacial score (nSPS) is 18.1. The molecule has 0 bridgehead atoms. The number of rotatable bonds is 8. The number of hydrogen-bond acceptors (Lipinski definition) is 4. The average Bonchev–Trinajstić information content (AvgIpc) is 2.79. The molecule has 2 aromatic rings. The number of piperidine rings is 1. The third-order valence-corrected chi connectivity index (χ3v) is 5.39. The first-order valence-corrected chi connectivity index (χ1v) is 10.8. The van der Waals surface area contributed by atoms with Gasteiger partial charge in [0.2, 0.25) is 0 Å². The molecule has 0 aliphatic carbocycles. The van der Waals surface area contributed by atoms with Gasteiger partial charge >= 0.3 is 5.97 Å². The number of nitrogens with one attached hydrogen (secondary N) is 3. The number of likely N-dealkylation sites (tertiary alicyclic amines) is 1. The van der Waals surface area contributed by atoms with Gasteiger partial charge in [0.1, 0.15) is 5.92 Å². The highest BCUT2D eigenvalue weighted by atomic mass is 16.5. The molecule has 164 valence electrons. The van der Waals surface area contributed by atoms with Crippen LogP contribution in [0.1, 0.15) is 35.7 Å². The number of carbonyl (C=O) groups is 3. The maximum Gasteiger partial charge on any atom is 0.314 e. The Morgan fingerprint density at radius 1 is 1.06 bits per heavy atom. The van der Waals surface area contributed by atoms with Gasteiger partial charge < -0.3 is 20.3 Å². The maximum absolute atomic E-state index is 12.7. The van der Waals surface area contributed by atoms with E-state index >= 15 is 0 Å². The van der Waals surface area contributed by atoms with Gasteiger partial charge in [-0.3, -0.25) is 14.4 Å². The summed E-state index contributed by atoms with van der Waals surface area (Å²) in [6.45, 7) is 4.25. The van der Waals surface area contributed by atoms with E-state index in [2.05, 4.69) is 10.6 Å². The fourth-order valence-electron chi connectivity index (χ4n) is 3.86. The molecule has 1 aliphatic rings. The van der Waals surface area contributed by atoms with Crippen LogP contribution in [-0.2, 0) is 20.9 Å². The van der Waals surface area contributed by atoms with Gasteiger partial charge in [-0.15, -0.1) is 0 Å². The highest BCUT2D eigenvalue weighted by Crippen LogP contribution is 2.15. The van der Waals surface area contributed by atoms with E-state index in [1.54, 1.807) is 31.2 Å². The summed E-state index contributed by atoms with van der Waals surface area (Å²) in [6.07, 6.45) is 1.68. The SMILES string of the molecule is CCOC(=O)[C@H]1CCC[NH+](CC(=O)Nc2ccccc2C(=O)NCc2ccccc2)C1. The summed E-state index contributed by atoms with van der Waals surface area (Å²) in [5.41, 5.74) is 1.91. The molecular formula is C24H30N3O4+. The minimum absolute atomic E-state index is 0.160. The lowest BCUT2D eigenvalue weighted by atomic mass is 9.98. The molecule has 1 unspecified atom stereocenters. The number of hydrogen-bond donors (Lipinski definition) is 3. The zero-order valence-electron chi connectivity index (χ0n) is 17.9. The summed E-state index contributed by atoms with van der Waals surface area (Å²) in [6, 6.07) is 16.6. The molecule has 3 N–H and O–H groups in total. The van der Waals surface area contributed by atoms with Gasteiger partial charge in [-0.05, 0) is 37.5 Å². The van der Waals surface area contributed by atoms with Crippen LogP contribution in [0, 0.1) is 5.92 Å². The zero-order valence-corrected chi connectivity index (χ0v) is 17.9. The molecular weight excluding hydrogens is 394 g/mol. The van der Waals surface area contributed by atoms with Crippen LogP contribution in [0.2, 0.25) is 0 Å². The second-order valence-electron chi connectivity index (χ2n) is 7.73. The van der Waals surface area contributed by atoms with E-state index in [1.165, 1.54) is 0 Å². The third-order valence-electron chi connectivity index (χ3n) is 5.39. The standard InChI is InChI=1S/C24H29N3O4/c1-2-31-24(30)19-11-8-14-27(16-19)17-22(28)26-21-13-7-6-12-20(21)23(29)25-15-18-9-4-3-5-10-18/h3-7,9-10,12-13,19H,2,8,11,14-17H2,1H3,(H,25,29)(H,26,28)/p+1/t19-/m0/s1. The molecule has 1 saturated heterocycles. The van der Waals surface area contributed by atoms with Gasteiger partial charge in [-0.25, -0.2) is 0 Å². The minimum atomic E-state index is -0.243. The predicted octanol–water partition coefficient (Wildman–Crippen LogP) is 1.41. The molecule has 7 nitrogen and oxygen atoms in total. The Kier molecular flexibility index (Phi) is 8.18. The Balaban J connectivity index is 1.56. The van der Waals surface area contributed by atoms with Crippen LogP contribution >= 0.6 is 0 Å². The van der Waals surface area contributed by atoms with E-state index in [0.717, 1.165) is 29.8 Å². The molecule has 0 saturated carbocycles. The van der Waals surface area contributed by atoms with Crippen molar-refractivity contribution >= 4 is 23.5 Å². The van der Waals surface area contributed by atoms with Crippen LogP contribution in [0.5, 0.6) is 0 Å². The van der Waals surface area contributed by atoms with Gasteiger partial charge in [-0.2, -0.15) is 0 Å². The van der Waals surface area contributed by atoms with Gasteiger partial charge in [0, 0.05) is 6.54 Å². The van der Waals surface area contributed by atoms with Crippen molar-refractivity contribution in [3.63, 3.8) is 0 Å². The van der Waals surface area contributed by atoms with E-state index in [4.69, 9.17) is 4.74 Å². The Bertz CT molecular complexity index is 901. The highest BCUT2D eigenvalue weighted by molar-refractivity contribution is 6.03. The number of quaternary nitrogens is 1. The number of ether oxygens (including phenoxy) is 1. The quantitative estimate of drug-likeness (QED) is 0.559. The molecule has 0 radical (unpaired) electrons. The number of anilines is 1. The van der Waals surface area contributed by atoms with Crippen molar-refractivity contribution in [1.29, 1.82) is 0 Å². The summed E-state index contributed by atoms with van der Waals surface area (Å²) >= 11 is 0. The lowest BCUT2D eigenvalue weighted by molar-refractivity contribution is -0.899. The van der Waals surface area contributed by atoms with E-state index in [1.807, 2.05) is 30.3 Å². The lowest BCUT2D eigenvalue weighted by Crippen LogP contribution is -3.14. The molecule has 1 aliphatic heterocycles. The molecule has 0 spiro atoms. The Labute approximate surface area is 182 Å². The molecule has 1 fully saturated rings. The van der Waals surface area contributed by atoms with Crippen LogP contribution in [0.3, 0.4) is 0 Å². The van der Waals surface area contributed by atoms with Crippen molar-refractivity contribution in [3.8, 4) is 0 Å². The van der Waals surface area contributed by atoms with Crippen molar-refractivity contribution in [2.24, 2.45) is 5.92 Å². The van der Waals surface area contributed by atoms with Gasteiger partial charge in [-0.1, -0.05) is 42.5 Å². The number of benzene rings is 2. The van der Waals surface area contributed by atoms with Crippen molar-refractivity contribution in [3.05, 3.63) is 65.7 Å². The Hall–Kier alpha value is -3.19. The van der Waals surface area contributed by atoms with Gasteiger partial charge in [0.05, 0.1) is 30.9 Å². The number of amides is 2. The second kappa shape index (κ2) is 11.3. The number of carbonyl (C=O) groups excluding carboxylic acids is 3. The van der Waals surface area contributed by atoms with E-state index in [0.29, 0.717) is 30.9 Å². The third kappa shape index (κ3) is 6.65. The average molecular weight is 425 g/mol. The molecule has 0 aromatic heterocycles. The van der Waals surface area contributed by atoms with Gasteiger partial charge in [0.25, 0.3) is 11.8 Å². The summed E-state index contributed by atoms with van der Waals surface area (Å²) in [5, 5.41) is 5.76. The van der Waals surface area contributed by atoms with Crippen LogP contribution in [0.25, 0.3) is 0 Å². The van der Waals surface area contributed by atoms with Crippen molar-refractivity contribution < 1.29 is 24.0 Å². The van der Waals surface area contributed by atoms with Crippen LogP contribution in [0.15, 0.2) is 54.6 Å². The van der Waals surface area contributed by atoms with Crippen LogP contribution < -0.4 is 15.5 Å². The lowest BCUT2D eigenvalue weighted by Gasteiger charge is -2.28. The van der Waals surface area contributed by atoms with Crippen molar-refractivity contribution in [2.75, 3.05) is 31.6 Å². The smallest absolute Gasteiger partial charge is 0.314 e. The monoisotopic (exact) mass is 424 g/mol. The summed E-state index contributed by atoms with van der Waals surface area (Å²) in [4.78, 5) is 38.4. The topological polar surface area (TPSA) is 88.9 Å². The van der Waals surface area contributed by atoms with E-state index < -0.39 is 0 Å². The molecule has 2 atom stereocenters. The summed E-state index contributed by atoms with van der Waals surface area (Å²) in [5.74, 6) is -0.761. The fourth-order valence-corrected chi connectivity index (χ4v) is 3.86. The molecule has 2 amide bonds. The first kappa shape index (κ1) is 22.5. The van der Waals surface area contributed by atoms with Crippen molar-refractivity contribution in [1.82, 2.24) is 5.32 Å². The summed E-state index contributed by atoms with van der Waals surface area (Å²) in [7, 11) is 0. The largest absolute Gasteiger partial charge is 0.466 e. The predicted molar refractivity (Wildman–Crippen MR) is 118 cm³/mol. The Morgan fingerprint density at radius 3 is 2.58 bits per heavy atom. The maximum atomic E-state index is 12.7. The summed E-state index contributed by atoms with van der Waals surface area (Å²) < 4.78 is 5.13. The van der Waals surface area contributed by atoms with Crippen LogP contribution in [-0.4, -0.2) is 44.0 Å². The first-order chi connectivity index (χ1) is 15.1. The van der Waals surface area contributed by atoms with Crippen LogP contribution in [0.4, 0.5) is 5.69 Å². The first-order valence-electron chi connectivity index (χ1n) is 10.8. The van der Waals surface area contributed by atoms with Gasteiger partial charge in [0.15, 0.2) is 6.54 Å². The molecule has 7 heteroatoms. The molecule has 3 rings (SSSR count). The number of para-hydroxylation sites is 1. The highest BCUT2D eigenvalue weighted by Gasteiger charge is 2.30. The van der Waals surface area contributed by atoms with Crippen molar-refractivity contribution in [2.45, 2.75) is 26.3 Å². The Morgan fingerprint density at radius 2 is 1.81 bits per heavy atom. The molecule has 2 aromatic carbocycles. The number of esters is 1. The second-order valence-corrected chi connectivity index (χ2v) is 7.73. The molecule has 31 heavy (non-hydrogen) atoms. The molecule has 1 heterocycles. The fraction of sp³-hybridized carbons (Fsp3) is 0.375. The van der Waals surface area contributed by atoms with E-state index in [9.17, 15) is 14.4 Å². The van der Waals surface area contributed by atoms with E-state index in [-0.39, 0.29) is 30.2 Å².